The summed E-state index contributed by atoms with van der Waals surface area (Å²) in [5.74, 6) is -1.19. The van der Waals surface area contributed by atoms with Crippen molar-refractivity contribution in [1.82, 2.24) is 5.32 Å². The largest absolute Gasteiger partial charge is 0.340 e. The molecule has 0 radical (unpaired) electrons. The van der Waals surface area contributed by atoms with E-state index in [1.165, 1.54) is 17.0 Å². The summed E-state index contributed by atoms with van der Waals surface area (Å²) in [6, 6.07) is 3.31. The van der Waals surface area contributed by atoms with E-state index in [1.807, 2.05) is 13.8 Å². The maximum atomic E-state index is 14.2. The fourth-order valence-electron chi connectivity index (χ4n) is 2.64. The first-order chi connectivity index (χ1) is 9.86. The van der Waals surface area contributed by atoms with Crippen molar-refractivity contribution >= 4 is 29.1 Å². The molecule has 0 saturated carbocycles. The molecular weight excluding hydrogens is 295 g/mol. The van der Waals surface area contributed by atoms with Crippen LogP contribution in [0.15, 0.2) is 18.2 Å². The number of amides is 2. The van der Waals surface area contributed by atoms with Crippen molar-refractivity contribution in [1.29, 1.82) is 0 Å². The number of piperazine rings is 1. The summed E-state index contributed by atoms with van der Waals surface area (Å²) in [5, 5.41) is 3.03. The number of halogens is 2. The maximum Gasteiger partial charge on any atom is 0.253 e. The minimum Gasteiger partial charge on any atom is -0.340 e. The van der Waals surface area contributed by atoms with Gasteiger partial charge in [0.05, 0.1) is 5.69 Å². The predicted molar refractivity (Wildman–Crippen MR) is 79.8 cm³/mol. The highest BCUT2D eigenvalue weighted by Gasteiger charge is 2.48. The van der Waals surface area contributed by atoms with Crippen LogP contribution >= 0.6 is 11.6 Å². The van der Waals surface area contributed by atoms with Crippen molar-refractivity contribution in [2.45, 2.75) is 45.2 Å². The van der Waals surface area contributed by atoms with Gasteiger partial charge in [-0.25, -0.2) is 4.39 Å². The zero-order valence-corrected chi connectivity index (χ0v) is 13.0. The van der Waals surface area contributed by atoms with E-state index in [1.54, 1.807) is 6.92 Å². The first-order valence-corrected chi connectivity index (χ1v) is 7.34. The van der Waals surface area contributed by atoms with Gasteiger partial charge in [-0.2, -0.15) is 0 Å². The Kier molecular flexibility index (Phi) is 4.23. The van der Waals surface area contributed by atoms with E-state index in [-0.39, 0.29) is 22.5 Å². The van der Waals surface area contributed by atoms with Gasteiger partial charge in [-0.3, -0.25) is 14.5 Å². The molecule has 1 unspecified atom stereocenters. The number of carbonyl (C=O) groups is 2. The number of anilines is 1. The molecule has 1 aromatic carbocycles. The summed E-state index contributed by atoms with van der Waals surface area (Å²) in [6.07, 6.45) is 0.902. The Labute approximate surface area is 128 Å². The molecule has 6 heteroatoms. The van der Waals surface area contributed by atoms with Crippen LogP contribution < -0.4 is 10.2 Å². The molecule has 0 spiro atoms. The minimum absolute atomic E-state index is 0.0815. The maximum absolute atomic E-state index is 14.2. The molecular formula is C15H18ClFN2O2. The summed E-state index contributed by atoms with van der Waals surface area (Å²) in [6.45, 7) is 5.23. The molecule has 1 N–H and O–H groups in total. The summed E-state index contributed by atoms with van der Waals surface area (Å²) in [5.41, 5.74) is -0.895. The number of nitrogens with zero attached hydrogens (tertiary/aromatic N) is 1. The van der Waals surface area contributed by atoms with Gasteiger partial charge in [-0.15, -0.1) is 0 Å². The zero-order valence-electron chi connectivity index (χ0n) is 12.2. The fourth-order valence-corrected chi connectivity index (χ4v) is 2.80. The third-order valence-electron chi connectivity index (χ3n) is 4.13. The molecule has 2 amide bonds. The standard InChI is InChI=1S/C15H18ClFN2O2/c1-4-15(5-2)14(21)19(9(3)13(20)18-15)12-7-6-10(16)8-11(12)17/h6-9H,4-5H2,1-3H3,(H,18,20). The third kappa shape index (κ3) is 2.50. The SMILES string of the molecule is CCC1(CC)NC(=O)C(C)N(c2ccc(Cl)cc2F)C1=O. The second kappa shape index (κ2) is 5.64. The molecule has 0 aliphatic carbocycles. The number of carbonyl (C=O) groups excluding carboxylic acids is 2. The molecule has 1 aliphatic rings. The lowest BCUT2D eigenvalue weighted by Crippen LogP contribution is -2.69. The molecule has 1 aliphatic heterocycles. The Morgan fingerprint density at radius 2 is 1.95 bits per heavy atom. The number of hydrogen-bond donors (Lipinski definition) is 1. The summed E-state index contributed by atoms with van der Waals surface area (Å²) in [7, 11) is 0. The fraction of sp³-hybridized carbons (Fsp3) is 0.467. The zero-order chi connectivity index (χ0) is 15.8. The molecule has 1 heterocycles. The van der Waals surface area contributed by atoms with E-state index >= 15 is 0 Å². The molecule has 1 aromatic rings. The molecule has 0 bridgehead atoms. The Morgan fingerprint density at radius 1 is 1.33 bits per heavy atom. The van der Waals surface area contributed by atoms with Crippen molar-refractivity contribution in [2.24, 2.45) is 0 Å². The Bertz CT molecular complexity index is 587. The van der Waals surface area contributed by atoms with Gasteiger partial charge in [0.2, 0.25) is 5.91 Å². The van der Waals surface area contributed by atoms with E-state index < -0.39 is 17.4 Å². The highest BCUT2D eigenvalue weighted by Crippen LogP contribution is 2.32. The highest BCUT2D eigenvalue weighted by molar-refractivity contribution is 6.30. The second-order valence-corrected chi connectivity index (χ2v) is 5.66. The van der Waals surface area contributed by atoms with Crippen LogP contribution in [0.2, 0.25) is 5.02 Å². The Morgan fingerprint density at radius 3 is 2.48 bits per heavy atom. The van der Waals surface area contributed by atoms with Crippen LogP contribution in [0.4, 0.5) is 10.1 Å². The van der Waals surface area contributed by atoms with E-state index in [2.05, 4.69) is 5.32 Å². The molecule has 4 nitrogen and oxygen atoms in total. The van der Waals surface area contributed by atoms with Gasteiger partial charge >= 0.3 is 0 Å². The molecule has 0 aromatic heterocycles. The summed E-state index contributed by atoms with van der Waals surface area (Å²) < 4.78 is 14.2. The normalized spacial score (nSPS) is 21.4. The van der Waals surface area contributed by atoms with Crippen LogP contribution in [-0.4, -0.2) is 23.4 Å². The van der Waals surface area contributed by atoms with Crippen LogP contribution in [-0.2, 0) is 9.59 Å². The van der Waals surface area contributed by atoms with Crippen LogP contribution in [0.5, 0.6) is 0 Å². The Hall–Kier alpha value is -1.62. The molecule has 2 rings (SSSR count). The molecule has 114 valence electrons. The van der Waals surface area contributed by atoms with Crippen molar-refractivity contribution in [3.8, 4) is 0 Å². The smallest absolute Gasteiger partial charge is 0.253 e. The molecule has 1 atom stereocenters. The van der Waals surface area contributed by atoms with Crippen LogP contribution in [0.3, 0.4) is 0 Å². The lowest BCUT2D eigenvalue weighted by atomic mass is 9.87. The number of nitrogens with one attached hydrogen (secondary N) is 1. The quantitative estimate of drug-likeness (QED) is 0.933. The summed E-state index contributed by atoms with van der Waals surface area (Å²) in [4.78, 5) is 26.2. The molecule has 21 heavy (non-hydrogen) atoms. The van der Waals surface area contributed by atoms with Gasteiger partial charge in [0.1, 0.15) is 17.4 Å². The average Bonchev–Trinajstić information content (AvgIpc) is 2.45. The third-order valence-corrected chi connectivity index (χ3v) is 4.37. The lowest BCUT2D eigenvalue weighted by Gasteiger charge is -2.44. The van der Waals surface area contributed by atoms with E-state index in [0.29, 0.717) is 12.8 Å². The highest BCUT2D eigenvalue weighted by atomic mass is 35.5. The van der Waals surface area contributed by atoms with E-state index in [4.69, 9.17) is 11.6 Å². The topological polar surface area (TPSA) is 49.4 Å². The van der Waals surface area contributed by atoms with Crippen molar-refractivity contribution in [3.05, 3.63) is 29.0 Å². The lowest BCUT2D eigenvalue weighted by molar-refractivity contribution is -0.138. The molecule has 1 saturated heterocycles. The van der Waals surface area contributed by atoms with Gasteiger partial charge in [-0.1, -0.05) is 25.4 Å². The van der Waals surface area contributed by atoms with Gasteiger partial charge in [-0.05, 0) is 38.0 Å². The minimum atomic E-state index is -0.977. The predicted octanol–water partition coefficient (Wildman–Crippen LogP) is 2.89. The van der Waals surface area contributed by atoms with E-state index in [9.17, 15) is 14.0 Å². The van der Waals surface area contributed by atoms with Gasteiger partial charge < -0.3 is 5.32 Å². The summed E-state index contributed by atoms with van der Waals surface area (Å²) >= 11 is 5.75. The van der Waals surface area contributed by atoms with Crippen LogP contribution in [0.1, 0.15) is 33.6 Å². The van der Waals surface area contributed by atoms with Crippen LogP contribution in [0, 0.1) is 5.82 Å². The van der Waals surface area contributed by atoms with Gasteiger partial charge in [0.15, 0.2) is 0 Å². The first kappa shape index (κ1) is 15.8. The monoisotopic (exact) mass is 312 g/mol. The van der Waals surface area contributed by atoms with Gasteiger partial charge in [0.25, 0.3) is 5.91 Å². The second-order valence-electron chi connectivity index (χ2n) is 5.23. The molecule has 1 fully saturated rings. The van der Waals surface area contributed by atoms with Crippen molar-refractivity contribution < 1.29 is 14.0 Å². The van der Waals surface area contributed by atoms with Crippen molar-refractivity contribution in [3.63, 3.8) is 0 Å². The average molecular weight is 313 g/mol. The van der Waals surface area contributed by atoms with E-state index in [0.717, 1.165) is 6.07 Å². The number of hydrogen-bond acceptors (Lipinski definition) is 2. The number of benzene rings is 1. The number of rotatable bonds is 3. The first-order valence-electron chi connectivity index (χ1n) is 6.97. The van der Waals surface area contributed by atoms with Gasteiger partial charge in [0, 0.05) is 5.02 Å². The Balaban J connectivity index is 2.53. The van der Waals surface area contributed by atoms with Crippen molar-refractivity contribution in [2.75, 3.05) is 4.90 Å². The van der Waals surface area contributed by atoms with Crippen LogP contribution in [0.25, 0.3) is 0 Å².